The van der Waals surface area contributed by atoms with Gasteiger partial charge in [0.15, 0.2) is 0 Å². The van der Waals surface area contributed by atoms with E-state index in [1.807, 2.05) is 25.0 Å². The molecule has 0 unspecified atom stereocenters. The summed E-state index contributed by atoms with van der Waals surface area (Å²) in [4.78, 5) is 2.49. The third kappa shape index (κ3) is 3.67. The number of rotatable bonds is 7. The van der Waals surface area contributed by atoms with Crippen molar-refractivity contribution in [3.63, 3.8) is 0 Å². The number of hydrogen-bond acceptors (Lipinski definition) is 5. The topological polar surface area (TPSA) is 51.6 Å². The van der Waals surface area contributed by atoms with E-state index in [1.165, 1.54) is 18.5 Å². The minimum absolute atomic E-state index is 0.0289. The van der Waals surface area contributed by atoms with Crippen LogP contribution in [0.1, 0.15) is 44.3 Å². The maximum atomic E-state index is 6.15. The van der Waals surface area contributed by atoms with E-state index in [2.05, 4.69) is 28.3 Å². The van der Waals surface area contributed by atoms with Gasteiger partial charge in [-0.1, -0.05) is 19.8 Å². The summed E-state index contributed by atoms with van der Waals surface area (Å²) in [5, 5.41) is 8.00. The average molecular weight is 336 g/mol. The Morgan fingerprint density at radius 1 is 1.42 bits per heavy atom. The Morgan fingerprint density at radius 2 is 2.21 bits per heavy atom. The Morgan fingerprint density at radius 3 is 2.83 bits per heavy atom. The number of likely N-dealkylation sites (N-methyl/N-ethyl adjacent to an activating group) is 1. The Labute approximate surface area is 145 Å². The number of methoxy groups -OCH3 is 1. The molecule has 0 radical (unpaired) electrons. The van der Waals surface area contributed by atoms with E-state index >= 15 is 0 Å². The van der Waals surface area contributed by atoms with Crippen LogP contribution in [0.15, 0.2) is 12.3 Å². The van der Waals surface area contributed by atoms with Crippen molar-refractivity contribution in [1.29, 1.82) is 0 Å². The molecule has 136 valence electrons. The fourth-order valence-corrected chi connectivity index (χ4v) is 4.28. The summed E-state index contributed by atoms with van der Waals surface area (Å²) in [6, 6.07) is 2.37. The van der Waals surface area contributed by atoms with Crippen LogP contribution in [0.4, 0.5) is 0 Å². The minimum atomic E-state index is 0.0289. The van der Waals surface area contributed by atoms with Crippen LogP contribution < -0.4 is 5.32 Å². The number of nitrogens with zero attached hydrogens (tertiary/aromatic N) is 3. The smallest absolute Gasteiger partial charge is 0.0911 e. The zero-order valence-corrected chi connectivity index (χ0v) is 15.3. The van der Waals surface area contributed by atoms with Gasteiger partial charge in [-0.15, -0.1) is 0 Å². The molecule has 1 aromatic rings. The molecular weight excluding hydrogens is 304 g/mol. The molecule has 24 heavy (non-hydrogen) atoms. The second-order valence-electron chi connectivity index (χ2n) is 7.09. The summed E-state index contributed by atoms with van der Waals surface area (Å²) >= 11 is 0. The van der Waals surface area contributed by atoms with Gasteiger partial charge in [-0.2, -0.15) is 5.10 Å². The molecule has 0 amide bonds. The third-order valence-corrected chi connectivity index (χ3v) is 5.76. The zero-order chi connectivity index (χ0) is 17.0. The van der Waals surface area contributed by atoms with Crippen molar-refractivity contribution in [2.45, 2.75) is 50.4 Å². The predicted molar refractivity (Wildman–Crippen MR) is 94.0 cm³/mol. The second kappa shape index (κ2) is 7.95. The Kier molecular flexibility index (Phi) is 5.92. The van der Waals surface area contributed by atoms with Crippen molar-refractivity contribution in [1.82, 2.24) is 20.0 Å². The molecule has 2 atom stereocenters. The largest absolute Gasteiger partial charge is 0.377 e. The molecule has 3 rings (SSSR count). The normalized spacial score (nSPS) is 27.6. The molecular formula is C18H32N4O2. The molecule has 2 aliphatic rings. The summed E-state index contributed by atoms with van der Waals surface area (Å²) in [5.74, 6) is 0. The molecule has 1 aliphatic heterocycles. The predicted octanol–water partition coefficient (Wildman–Crippen LogP) is 1.73. The van der Waals surface area contributed by atoms with E-state index in [4.69, 9.17) is 9.47 Å². The highest BCUT2D eigenvalue weighted by Gasteiger charge is 2.36. The monoisotopic (exact) mass is 336 g/mol. The number of hydrogen-bond donors (Lipinski definition) is 1. The van der Waals surface area contributed by atoms with Crippen LogP contribution in [-0.2, 0) is 16.5 Å². The van der Waals surface area contributed by atoms with E-state index in [0.717, 1.165) is 45.6 Å². The fourth-order valence-electron chi connectivity index (χ4n) is 4.28. The molecule has 0 spiro atoms. The van der Waals surface area contributed by atoms with Crippen LogP contribution in [0.5, 0.6) is 0 Å². The van der Waals surface area contributed by atoms with Crippen LogP contribution in [-0.4, -0.2) is 66.3 Å². The van der Waals surface area contributed by atoms with Crippen LogP contribution in [0.2, 0.25) is 0 Å². The van der Waals surface area contributed by atoms with E-state index in [0.29, 0.717) is 0 Å². The quantitative estimate of drug-likeness (QED) is 0.822. The maximum Gasteiger partial charge on any atom is 0.0911 e. The molecule has 6 nitrogen and oxygen atoms in total. The molecule has 2 fully saturated rings. The molecule has 1 saturated heterocycles. The van der Waals surface area contributed by atoms with Gasteiger partial charge in [0.05, 0.1) is 30.0 Å². The lowest BCUT2D eigenvalue weighted by Crippen LogP contribution is -2.51. The SMILES string of the molecule is CCN1CCO[C@@H](CNCC2(OC)CCCC2)[C@@H]1c1ccnn1C. The van der Waals surface area contributed by atoms with Crippen LogP contribution in [0.25, 0.3) is 0 Å². The highest BCUT2D eigenvalue weighted by atomic mass is 16.5. The first-order valence-electron chi connectivity index (χ1n) is 9.28. The van der Waals surface area contributed by atoms with Crippen LogP contribution >= 0.6 is 0 Å². The molecule has 1 aliphatic carbocycles. The Bertz CT molecular complexity index is 513. The van der Waals surface area contributed by atoms with Gasteiger partial charge < -0.3 is 14.8 Å². The van der Waals surface area contributed by atoms with Gasteiger partial charge >= 0.3 is 0 Å². The molecule has 1 saturated carbocycles. The average Bonchev–Trinajstić information content (AvgIpc) is 3.24. The lowest BCUT2D eigenvalue weighted by atomic mass is 10.0. The summed E-state index contributed by atoms with van der Waals surface area (Å²) in [6.45, 7) is 6.77. The van der Waals surface area contributed by atoms with E-state index < -0.39 is 0 Å². The van der Waals surface area contributed by atoms with Crippen LogP contribution in [0.3, 0.4) is 0 Å². The second-order valence-corrected chi connectivity index (χ2v) is 7.09. The van der Waals surface area contributed by atoms with Gasteiger partial charge in [0.1, 0.15) is 0 Å². The summed E-state index contributed by atoms with van der Waals surface area (Å²) in [7, 11) is 3.86. The summed E-state index contributed by atoms with van der Waals surface area (Å²) in [5.41, 5.74) is 1.26. The van der Waals surface area contributed by atoms with Gasteiger partial charge in [0.2, 0.25) is 0 Å². The molecule has 6 heteroatoms. The molecule has 1 aromatic heterocycles. The van der Waals surface area contributed by atoms with Gasteiger partial charge in [0.25, 0.3) is 0 Å². The van der Waals surface area contributed by atoms with Crippen molar-refractivity contribution < 1.29 is 9.47 Å². The first-order chi connectivity index (χ1) is 11.7. The van der Waals surface area contributed by atoms with Gasteiger partial charge in [-0.3, -0.25) is 9.58 Å². The molecule has 1 N–H and O–H groups in total. The minimum Gasteiger partial charge on any atom is -0.377 e. The zero-order valence-electron chi connectivity index (χ0n) is 15.3. The molecule has 0 aromatic carbocycles. The van der Waals surface area contributed by atoms with Gasteiger partial charge in [-0.25, -0.2) is 0 Å². The van der Waals surface area contributed by atoms with E-state index in [-0.39, 0.29) is 17.7 Å². The molecule has 2 heterocycles. The fraction of sp³-hybridized carbons (Fsp3) is 0.833. The Balaban J connectivity index is 1.65. The lowest BCUT2D eigenvalue weighted by Gasteiger charge is -2.41. The standard InChI is InChI=1S/C18H32N4O2/c1-4-22-11-12-24-16(17(22)15-7-10-20-21(15)2)13-19-14-18(23-3)8-5-6-9-18/h7,10,16-17,19H,4-6,8-9,11-14H2,1-3H3/t16-,17-/m0/s1. The molecule has 0 bridgehead atoms. The number of morpholine rings is 1. The van der Waals surface area contributed by atoms with Crippen molar-refractivity contribution in [3.05, 3.63) is 18.0 Å². The number of nitrogens with one attached hydrogen (secondary N) is 1. The summed E-state index contributed by atoms with van der Waals surface area (Å²) < 4.78 is 13.9. The number of aryl methyl sites for hydroxylation is 1. The van der Waals surface area contributed by atoms with Gasteiger partial charge in [0, 0.05) is 40.0 Å². The highest BCUT2D eigenvalue weighted by molar-refractivity contribution is 5.11. The van der Waals surface area contributed by atoms with Crippen LogP contribution in [0, 0.1) is 0 Å². The number of ether oxygens (including phenoxy) is 2. The first kappa shape index (κ1) is 17.9. The maximum absolute atomic E-state index is 6.15. The summed E-state index contributed by atoms with van der Waals surface area (Å²) in [6.07, 6.45) is 6.89. The van der Waals surface area contributed by atoms with E-state index in [9.17, 15) is 0 Å². The highest BCUT2D eigenvalue weighted by Crippen LogP contribution is 2.32. The van der Waals surface area contributed by atoms with Crippen molar-refractivity contribution in [3.8, 4) is 0 Å². The third-order valence-electron chi connectivity index (χ3n) is 5.76. The first-order valence-corrected chi connectivity index (χ1v) is 9.28. The van der Waals surface area contributed by atoms with Crippen molar-refractivity contribution >= 4 is 0 Å². The van der Waals surface area contributed by atoms with E-state index in [1.54, 1.807) is 0 Å². The van der Waals surface area contributed by atoms with Crippen molar-refractivity contribution in [2.75, 3.05) is 39.9 Å². The lowest BCUT2D eigenvalue weighted by molar-refractivity contribution is -0.0748. The Hall–Kier alpha value is -0.950. The number of aromatic nitrogens is 2. The van der Waals surface area contributed by atoms with Gasteiger partial charge in [-0.05, 0) is 25.5 Å². The van der Waals surface area contributed by atoms with Crippen molar-refractivity contribution in [2.24, 2.45) is 7.05 Å².